The van der Waals surface area contributed by atoms with Crippen LogP contribution < -0.4 is 10.1 Å². The summed E-state index contributed by atoms with van der Waals surface area (Å²) in [7, 11) is 0. The van der Waals surface area contributed by atoms with Gasteiger partial charge in [-0.3, -0.25) is 0 Å². The van der Waals surface area contributed by atoms with Crippen molar-refractivity contribution < 1.29 is 4.74 Å². The molecule has 0 saturated heterocycles. The number of nitrogens with zero attached hydrogens (tertiary/aromatic N) is 2. The van der Waals surface area contributed by atoms with Crippen molar-refractivity contribution in [2.24, 2.45) is 0 Å². The van der Waals surface area contributed by atoms with Crippen LogP contribution in [0.1, 0.15) is 32.5 Å². The maximum Gasteiger partial charge on any atom is 0.207 e. The van der Waals surface area contributed by atoms with Gasteiger partial charge < -0.3 is 14.6 Å². The van der Waals surface area contributed by atoms with Crippen molar-refractivity contribution in [3.05, 3.63) is 36.2 Å². The molecule has 1 aromatic heterocycles. The molecule has 0 fully saturated rings. The highest BCUT2D eigenvalue weighted by atomic mass is 16.5. The van der Waals surface area contributed by atoms with E-state index in [0.29, 0.717) is 12.6 Å². The van der Waals surface area contributed by atoms with Gasteiger partial charge in [-0.25, -0.2) is 4.98 Å². The largest absolute Gasteiger partial charge is 0.494 e. The molecule has 0 aliphatic carbocycles. The summed E-state index contributed by atoms with van der Waals surface area (Å²) in [5.41, 5.74) is 2.03. The molecular formula is C15H21N3O. The number of nitrogens with one attached hydrogen (secondary N) is 1. The molecule has 0 bridgehead atoms. The van der Waals surface area contributed by atoms with Crippen LogP contribution in [-0.4, -0.2) is 16.2 Å². The molecule has 0 spiro atoms. The fourth-order valence-corrected chi connectivity index (χ4v) is 1.93. The summed E-state index contributed by atoms with van der Waals surface area (Å²) in [6.07, 6.45) is 2.06. The number of hydrogen-bond donors (Lipinski definition) is 1. The van der Waals surface area contributed by atoms with Crippen LogP contribution in [0, 0.1) is 6.92 Å². The van der Waals surface area contributed by atoms with E-state index in [9.17, 15) is 0 Å². The number of hydrogen-bond acceptors (Lipinski definition) is 3. The predicted molar refractivity (Wildman–Crippen MR) is 78.2 cm³/mol. The topological polar surface area (TPSA) is 39.1 Å². The summed E-state index contributed by atoms with van der Waals surface area (Å²) < 4.78 is 7.56. The molecule has 102 valence electrons. The summed E-state index contributed by atoms with van der Waals surface area (Å²) in [4.78, 5) is 4.51. The van der Waals surface area contributed by atoms with Crippen LogP contribution in [0.2, 0.25) is 0 Å². The van der Waals surface area contributed by atoms with Gasteiger partial charge in [-0.1, -0.05) is 0 Å². The van der Waals surface area contributed by atoms with Crippen molar-refractivity contribution in [1.82, 2.24) is 9.55 Å². The van der Waals surface area contributed by atoms with Gasteiger partial charge in [-0.15, -0.1) is 0 Å². The minimum absolute atomic E-state index is 0.381. The number of imidazole rings is 1. The Morgan fingerprint density at radius 2 is 1.95 bits per heavy atom. The Labute approximate surface area is 114 Å². The summed E-state index contributed by atoms with van der Waals surface area (Å²) in [6.45, 7) is 8.95. The number of aryl methyl sites for hydroxylation is 1. The zero-order valence-electron chi connectivity index (χ0n) is 12.0. The van der Waals surface area contributed by atoms with E-state index in [0.717, 1.165) is 23.1 Å². The number of rotatable bonds is 5. The van der Waals surface area contributed by atoms with Crippen LogP contribution in [0.25, 0.3) is 0 Å². The number of anilines is 2. The highest BCUT2D eigenvalue weighted by Crippen LogP contribution is 2.22. The summed E-state index contributed by atoms with van der Waals surface area (Å²) in [6, 6.07) is 8.30. The van der Waals surface area contributed by atoms with Crippen molar-refractivity contribution >= 4 is 11.6 Å². The normalized spacial score (nSPS) is 10.8. The van der Waals surface area contributed by atoms with Gasteiger partial charge in [-0.05, 0) is 52.0 Å². The zero-order chi connectivity index (χ0) is 13.8. The molecule has 0 aliphatic rings. The summed E-state index contributed by atoms with van der Waals surface area (Å²) >= 11 is 0. The van der Waals surface area contributed by atoms with Crippen LogP contribution in [0.5, 0.6) is 5.75 Å². The lowest BCUT2D eigenvalue weighted by Gasteiger charge is -2.13. The smallest absolute Gasteiger partial charge is 0.207 e. The molecule has 0 aliphatic heterocycles. The van der Waals surface area contributed by atoms with E-state index >= 15 is 0 Å². The molecule has 2 aromatic rings. The van der Waals surface area contributed by atoms with Gasteiger partial charge in [0.05, 0.1) is 12.3 Å². The first-order valence-corrected chi connectivity index (χ1v) is 6.65. The van der Waals surface area contributed by atoms with Crippen molar-refractivity contribution in [2.45, 2.75) is 33.7 Å². The second kappa shape index (κ2) is 5.78. The van der Waals surface area contributed by atoms with Crippen LogP contribution >= 0.6 is 0 Å². The first-order chi connectivity index (χ1) is 9.10. The number of ether oxygens (including phenoxy) is 1. The fraction of sp³-hybridized carbons (Fsp3) is 0.400. The molecule has 0 unspecified atom stereocenters. The van der Waals surface area contributed by atoms with Crippen LogP contribution in [-0.2, 0) is 0 Å². The second-order valence-corrected chi connectivity index (χ2v) is 4.79. The van der Waals surface area contributed by atoms with E-state index < -0.39 is 0 Å². The van der Waals surface area contributed by atoms with Gasteiger partial charge in [0, 0.05) is 17.9 Å². The molecule has 1 N–H and O–H groups in total. The molecule has 0 radical (unpaired) electrons. The molecule has 1 aromatic carbocycles. The maximum absolute atomic E-state index is 5.43. The lowest BCUT2D eigenvalue weighted by molar-refractivity contribution is 0.340. The lowest BCUT2D eigenvalue weighted by Crippen LogP contribution is -2.05. The fourth-order valence-electron chi connectivity index (χ4n) is 1.93. The monoisotopic (exact) mass is 259 g/mol. The maximum atomic E-state index is 5.43. The van der Waals surface area contributed by atoms with E-state index in [1.54, 1.807) is 0 Å². The van der Waals surface area contributed by atoms with Crippen LogP contribution in [0.4, 0.5) is 11.6 Å². The molecule has 2 rings (SSSR count). The lowest BCUT2D eigenvalue weighted by atomic mass is 10.3. The molecular weight excluding hydrogens is 238 g/mol. The van der Waals surface area contributed by atoms with E-state index in [1.165, 1.54) is 0 Å². The Bertz CT molecular complexity index is 529. The molecule has 4 heteroatoms. The Balaban J connectivity index is 2.16. The van der Waals surface area contributed by atoms with E-state index in [2.05, 4.69) is 34.9 Å². The molecule has 4 nitrogen and oxygen atoms in total. The van der Waals surface area contributed by atoms with E-state index in [4.69, 9.17) is 4.74 Å². The summed E-state index contributed by atoms with van der Waals surface area (Å²) in [5, 5.41) is 3.34. The Morgan fingerprint density at radius 1 is 1.26 bits per heavy atom. The van der Waals surface area contributed by atoms with Gasteiger partial charge in [-0.2, -0.15) is 0 Å². The minimum atomic E-state index is 0.381. The van der Waals surface area contributed by atoms with Crippen LogP contribution in [0.15, 0.2) is 30.5 Å². The SMILES string of the molecule is CCOc1ccc(Nc2nc(C)cn2C(C)C)cc1. The standard InChI is InChI=1S/C15H21N3O/c1-5-19-14-8-6-13(7-9-14)17-15-16-12(4)10-18(15)11(2)3/h6-11H,5H2,1-4H3,(H,16,17). The third-order valence-corrected chi connectivity index (χ3v) is 2.83. The number of aromatic nitrogens is 2. The molecule has 0 saturated carbocycles. The Morgan fingerprint density at radius 3 is 2.53 bits per heavy atom. The van der Waals surface area contributed by atoms with Crippen molar-refractivity contribution in [3.63, 3.8) is 0 Å². The van der Waals surface area contributed by atoms with Crippen molar-refractivity contribution in [3.8, 4) is 5.75 Å². The van der Waals surface area contributed by atoms with Gasteiger partial charge in [0.25, 0.3) is 0 Å². The highest BCUT2D eigenvalue weighted by Gasteiger charge is 2.08. The van der Waals surface area contributed by atoms with E-state index in [-0.39, 0.29) is 0 Å². The Hall–Kier alpha value is -1.97. The van der Waals surface area contributed by atoms with Gasteiger partial charge >= 0.3 is 0 Å². The predicted octanol–water partition coefficient (Wildman–Crippen LogP) is 3.91. The van der Waals surface area contributed by atoms with E-state index in [1.807, 2.05) is 38.1 Å². The van der Waals surface area contributed by atoms with Crippen LogP contribution in [0.3, 0.4) is 0 Å². The van der Waals surface area contributed by atoms with Gasteiger partial charge in [0.15, 0.2) is 0 Å². The quantitative estimate of drug-likeness (QED) is 0.884. The zero-order valence-corrected chi connectivity index (χ0v) is 12.0. The molecule has 0 amide bonds. The minimum Gasteiger partial charge on any atom is -0.494 e. The van der Waals surface area contributed by atoms with Crippen molar-refractivity contribution in [1.29, 1.82) is 0 Å². The average Bonchev–Trinajstić information content (AvgIpc) is 2.73. The highest BCUT2D eigenvalue weighted by molar-refractivity contribution is 5.55. The third-order valence-electron chi connectivity index (χ3n) is 2.83. The van der Waals surface area contributed by atoms with Gasteiger partial charge in [0.1, 0.15) is 5.75 Å². The average molecular weight is 259 g/mol. The first-order valence-electron chi connectivity index (χ1n) is 6.65. The third kappa shape index (κ3) is 3.28. The first kappa shape index (κ1) is 13.5. The second-order valence-electron chi connectivity index (χ2n) is 4.79. The molecule has 0 atom stereocenters. The van der Waals surface area contributed by atoms with Gasteiger partial charge in [0.2, 0.25) is 5.95 Å². The number of benzene rings is 1. The Kier molecular flexibility index (Phi) is 4.10. The molecule has 1 heterocycles. The van der Waals surface area contributed by atoms with Crippen molar-refractivity contribution in [2.75, 3.05) is 11.9 Å². The summed E-state index contributed by atoms with van der Waals surface area (Å²) in [5.74, 6) is 1.76. The molecule has 19 heavy (non-hydrogen) atoms.